The first-order valence-electron chi connectivity index (χ1n) is 7.28. The van der Waals surface area contributed by atoms with Gasteiger partial charge in [0, 0.05) is 32.2 Å². The molecule has 0 saturated heterocycles. The van der Waals surface area contributed by atoms with Crippen LogP contribution in [0.2, 0.25) is 0 Å². The van der Waals surface area contributed by atoms with Gasteiger partial charge in [0.1, 0.15) is 12.2 Å². The summed E-state index contributed by atoms with van der Waals surface area (Å²) in [5.41, 5.74) is 2.94. The molecular formula is C15H19N5. The van der Waals surface area contributed by atoms with Gasteiger partial charge in [-0.25, -0.2) is 0 Å². The Kier molecular flexibility index (Phi) is 3.01. The SMILES string of the molecule is c1ccc2c(c1)CNC(CN1CCn3cnnc3C1)C2. The highest BCUT2D eigenvalue weighted by Crippen LogP contribution is 2.18. The highest BCUT2D eigenvalue weighted by molar-refractivity contribution is 5.29. The largest absolute Gasteiger partial charge is 0.315 e. The van der Waals surface area contributed by atoms with E-state index in [2.05, 4.69) is 49.2 Å². The third-order valence-corrected chi connectivity index (χ3v) is 4.36. The third-order valence-electron chi connectivity index (χ3n) is 4.36. The van der Waals surface area contributed by atoms with Crippen molar-refractivity contribution in [2.45, 2.75) is 32.1 Å². The monoisotopic (exact) mass is 269 g/mol. The van der Waals surface area contributed by atoms with Crippen molar-refractivity contribution in [3.8, 4) is 0 Å². The van der Waals surface area contributed by atoms with Crippen LogP contribution in [-0.2, 0) is 26.1 Å². The molecule has 20 heavy (non-hydrogen) atoms. The second-order valence-electron chi connectivity index (χ2n) is 5.73. The Bertz CT molecular complexity index is 606. The molecule has 1 aromatic heterocycles. The summed E-state index contributed by atoms with van der Waals surface area (Å²) in [6.07, 6.45) is 2.96. The maximum atomic E-state index is 4.19. The molecule has 1 atom stereocenters. The summed E-state index contributed by atoms with van der Waals surface area (Å²) >= 11 is 0. The molecule has 2 aromatic rings. The smallest absolute Gasteiger partial charge is 0.147 e. The van der Waals surface area contributed by atoms with Crippen LogP contribution in [0.25, 0.3) is 0 Å². The summed E-state index contributed by atoms with van der Waals surface area (Å²) in [4.78, 5) is 2.48. The van der Waals surface area contributed by atoms with E-state index in [-0.39, 0.29) is 0 Å². The van der Waals surface area contributed by atoms with Crippen LogP contribution < -0.4 is 5.32 Å². The first-order chi connectivity index (χ1) is 9.88. The summed E-state index contributed by atoms with van der Waals surface area (Å²) < 4.78 is 2.15. The van der Waals surface area contributed by atoms with E-state index in [1.807, 2.05) is 6.33 Å². The van der Waals surface area contributed by atoms with E-state index in [9.17, 15) is 0 Å². The van der Waals surface area contributed by atoms with Crippen molar-refractivity contribution in [1.82, 2.24) is 25.0 Å². The van der Waals surface area contributed by atoms with Crippen LogP contribution in [0.5, 0.6) is 0 Å². The van der Waals surface area contributed by atoms with Gasteiger partial charge >= 0.3 is 0 Å². The van der Waals surface area contributed by atoms with Crippen LogP contribution >= 0.6 is 0 Å². The lowest BCUT2D eigenvalue weighted by Crippen LogP contribution is -2.46. The maximum absolute atomic E-state index is 4.19. The molecule has 0 saturated carbocycles. The zero-order chi connectivity index (χ0) is 13.4. The third kappa shape index (κ3) is 2.23. The molecule has 0 fully saturated rings. The first-order valence-corrected chi connectivity index (χ1v) is 7.28. The number of hydrogen-bond donors (Lipinski definition) is 1. The van der Waals surface area contributed by atoms with Crippen LogP contribution in [-0.4, -0.2) is 38.8 Å². The Labute approximate surface area is 118 Å². The van der Waals surface area contributed by atoms with Gasteiger partial charge in [0.15, 0.2) is 0 Å². The first kappa shape index (κ1) is 12.1. The molecule has 0 radical (unpaired) electrons. The molecule has 0 aliphatic carbocycles. The molecule has 0 bridgehead atoms. The average molecular weight is 269 g/mol. The Balaban J connectivity index is 1.42. The highest BCUT2D eigenvalue weighted by Gasteiger charge is 2.23. The second-order valence-corrected chi connectivity index (χ2v) is 5.73. The molecule has 0 amide bonds. The molecule has 2 aliphatic rings. The van der Waals surface area contributed by atoms with Crippen LogP contribution in [0.15, 0.2) is 30.6 Å². The number of fused-ring (bicyclic) bond motifs is 2. The normalized spacial score (nSPS) is 22.3. The van der Waals surface area contributed by atoms with Gasteiger partial charge in [0.2, 0.25) is 0 Å². The van der Waals surface area contributed by atoms with Gasteiger partial charge in [-0.1, -0.05) is 24.3 Å². The fourth-order valence-corrected chi connectivity index (χ4v) is 3.23. The summed E-state index contributed by atoms with van der Waals surface area (Å²) in [5.74, 6) is 1.09. The van der Waals surface area contributed by atoms with Crippen LogP contribution in [0, 0.1) is 0 Å². The predicted molar refractivity (Wildman–Crippen MR) is 76.1 cm³/mol. The van der Waals surface area contributed by atoms with Crippen molar-refractivity contribution in [3.63, 3.8) is 0 Å². The van der Waals surface area contributed by atoms with Crippen LogP contribution in [0.4, 0.5) is 0 Å². The van der Waals surface area contributed by atoms with E-state index >= 15 is 0 Å². The van der Waals surface area contributed by atoms with Crippen LogP contribution in [0.3, 0.4) is 0 Å². The van der Waals surface area contributed by atoms with Gasteiger partial charge in [-0.3, -0.25) is 4.90 Å². The fourth-order valence-electron chi connectivity index (χ4n) is 3.23. The minimum Gasteiger partial charge on any atom is -0.315 e. The summed E-state index contributed by atoms with van der Waals surface area (Å²) in [6.45, 7) is 5.09. The Morgan fingerprint density at radius 2 is 2.10 bits per heavy atom. The van der Waals surface area contributed by atoms with Crippen molar-refractivity contribution in [3.05, 3.63) is 47.5 Å². The maximum Gasteiger partial charge on any atom is 0.147 e. The molecule has 5 heteroatoms. The number of rotatable bonds is 2. The fraction of sp³-hybridized carbons (Fsp3) is 0.467. The van der Waals surface area contributed by atoms with E-state index < -0.39 is 0 Å². The second kappa shape index (κ2) is 5.00. The van der Waals surface area contributed by atoms with E-state index in [4.69, 9.17) is 0 Å². The average Bonchev–Trinajstić information content (AvgIpc) is 2.95. The number of aromatic nitrogens is 3. The van der Waals surface area contributed by atoms with E-state index in [0.717, 1.165) is 45.0 Å². The lowest BCUT2D eigenvalue weighted by Gasteiger charge is -2.33. The summed E-state index contributed by atoms with van der Waals surface area (Å²) in [7, 11) is 0. The molecule has 2 aliphatic heterocycles. The van der Waals surface area contributed by atoms with E-state index in [1.54, 1.807) is 0 Å². The van der Waals surface area contributed by atoms with Crippen molar-refractivity contribution in [1.29, 1.82) is 0 Å². The predicted octanol–water partition coefficient (Wildman–Crippen LogP) is 0.808. The zero-order valence-electron chi connectivity index (χ0n) is 11.5. The molecular weight excluding hydrogens is 250 g/mol. The van der Waals surface area contributed by atoms with Crippen molar-refractivity contribution < 1.29 is 0 Å². The highest BCUT2D eigenvalue weighted by atomic mass is 15.3. The van der Waals surface area contributed by atoms with Gasteiger partial charge in [0.05, 0.1) is 6.54 Å². The molecule has 104 valence electrons. The lowest BCUT2D eigenvalue weighted by molar-refractivity contribution is 0.190. The quantitative estimate of drug-likeness (QED) is 0.876. The zero-order valence-corrected chi connectivity index (χ0v) is 11.5. The topological polar surface area (TPSA) is 46.0 Å². The summed E-state index contributed by atoms with van der Waals surface area (Å²) in [5, 5.41) is 11.8. The Morgan fingerprint density at radius 3 is 3.05 bits per heavy atom. The number of hydrogen-bond acceptors (Lipinski definition) is 4. The van der Waals surface area contributed by atoms with Gasteiger partial charge in [-0.05, 0) is 17.5 Å². The molecule has 1 aromatic carbocycles. The van der Waals surface area contributed by atoms with E-state index in [1.165, 1.54) is 11.1 Å². The number of benzene rings is 1. The Morgan fingerprint density at radius 1 is 1.20 bits per heavy atom. The van der Waals surface area contributed by atoms with Crippen molar-refractivity contribution in [2.24, 2.45) is 0 Å². The molecule has 3 heterocycles. The molecule has 4 rings (SSSR count). The van der Waals surface area contributed by atoms with Gasteiger partial charge < -0.3 is 9.88 Å². The minimum atomic E-state index is 0.541. The Hall–Kier alpha value is -1.72. The molecule has 5 nitrogen and oxygen atoms in total. The van der Waals surface area contributed by atoms with Crippen molar-refractivity contribution >= 4 is 0 Å². The van der Waals surface area contributed by atoms with Gasteiger partial charge in [-0.2, -0.15) is 0 Å². The number of nitrogens with zero attached hydrogens (tertiary/aromatic N) is 4. The standard InChI is InChI=1S/C15H19N5/c1-2-4-13-8-16-14(7-12(13)3-1)9-19-5-6-20-11-17-18-15(20)10-19/h1-4,11,14,16H,5-10H2. The number of nitrogens with one attached hydrogen (secondary N) is 1. The van der Waals surface area contributed by atoms with Gasteiger partial charge in [-0.15, -0.1) is 10.2 Å². The molecule has 1 N–H and O–H groups in total. The minimum absolute atomic E-state index is 0.541. The summed E-state index contributed by atoms with van der Waals surface area (Å²) in [6, 6.07) is 9.29. The van der Waals surface area contributed by atoms with Gasteiger partial charge in [0.25, 0.3) is 0 Å². The molecule has 1 unspecified atom stereocenters. The molecule has 0 spiro atoms. The lowest BCUT2D eigenvalue weighted by atomic mass is 9.95. The van der Waals surface area contributed by atoms with Crippen LogP contribution in [0.1, 0.15) is 17.0 Å². The van der Waals surface area contributed by atoms with E-state index in [0.29, 0.717) is 6.04 Å². The van der Waals surface area contributed by atoms with Crippen molar-refractivity contribution in [2.75, 3.05) is 13.1 Å².